The van der Waals surface area contributed by atoms with Crippen LogP contribution in [0.5, 0.6) is 0 Å². The molecule has 1 aliphatic heterocycles. The van der Waals surface area contributed by atoms with Crippen LogP contribution in [-0.4, -0.2) is 34.9 Å². The zero-order valence-corrected chi connectivity index (χ0v) is 12.9. The van der Waals surface area contributed by atoms with Crippen LogP contribution in [-0.2, 0) is 4.79 Å². The summed E-state index contributed by atoms with van der Waals surface area (Å²) in [5, 5.41) is 3.31. The minimum absolute atomic E-state index is 0.125. The molecule has 0 spiro atoms. The molecule has 1 fully saturated rings. The van der Waals surface area contributed by atoms with E-state index >= 15 is 0 Å². The van der Waals surface area contributed by atoms with Crippen molar-refractivity contribution in [2.45, 2.75) is 38.5 Å². The van der Waals surface area contributed by atoms with Gasteiger partial charge in [-0.25, -0.2) is 4.39 Å². The molecule has 1 amide bonds. The van der Waals surface area contributed by atoms with E-state index in [9.17, 15) is 9.18 Å². The molecule has 1 aromatic carbocycles. The van der Waals surface area contributed by atoms with E-state index in [0.29, 0.717) is 0 Å². The summed E-state index contributed by atoms with van der Waals surface area (Å²) in [7, 11) is 0. The van der Waals surface area contributed by atoms with Crippen LogP contribution in [0.2, 0.25) is 0 Å². The largest absolute Gasteiger partial charge is 0.318 e. The first-order chi connectivity index (χ1) is 9.58. The maximum Gasteiger partial charge on any atom is 0.241 e. The number of halogens is 1. The molecular weight excluding hydrogens is 275 g/mol. The Morgan fingerprint density at radius 2 is 2.05 bits per heavy atom. The molecule has 2 rings (SSSR count). The van der Waals surface area contributed by atoms with Crippen molar-refractivity contribution in [2.75, 3.05) is 12.0 Å². The Labute approximate surface area is 123 Å². The van der Waals surface area contributed by atoms with Gasteiger partial charge < -0.3 is 4.90 Å². The van der Waals surface area contributed by atoms with Crippen molar-refractivity contribution >= 4 is 17.7 Å². The molecule has 1 N–H and O–H groups in total. The summed E-state index contributed by atoms with van der Waals surface area (Å²) >= 11 is 1.74. The number of nitrogens with zero attached hydrogens (tertiary/aromatic N) is 1. The van der Waals surface area contributed by atoms with Crippen molar-refractivity contribution in [3.05, 3.63) is 35.6 Å². The second kappa shape index (κ2) is 6.59. The van der Waals surface area contributed by atoms with E-state index in [-0.39, 0.29) is 30.0 Å². The Hall–Kier alpha value is -1.07. The van der Waals surface area contributed by atoms with Gasteiger partial charge in [-0.1, -0.05) is 19.1 Å². The molecule has 1 heterocycles. The molecule has 1 saturated heterocycles. The monoisotopic (exact) mass is 296 g/mol. The Morgan fingerprint density at radius 3 is 2.60 bits per heavy atom. The highest BCUT2D eigenvalue weighted by Crippen LogP contribution is 2.29. The van der Waals surface area contributed by atoms with Gasteiger partial charge in [-0.2, -0.15) is 11.8 Å². The Bertz CT molecular complexity index is 465. The number of carbonyl (C=O) groups is 1. The maximum atomic E-state index is 13.1. The van der Waals surface area contributed by atoms with E-state index in [0.717, 1.165) is 17.7 Å². The number of rotatable bonds is 5. The number of hydrogen-bond donors (Lipinski definition) is 1. The minimum atomic E-state index is -0.256. The van der Waals surface area contributed by atoms with Gasteiger partial charge in [-0.05, 0) is 37.3 Å². The second-order valence-corrected chi connectivity index (χ2v) is 6.02. The van der Waals surface area contributed by atoms with Crippen molar-refractivity contribution in [3.63, 3.8) is 0 Å². The Kier molecular flexibility index (Phi) is 5.05. The third-order valence-electron chi connectivity index (χ3n) is 3.72. The second-order valence-electron chi connectivity index (χ2n) is 5.11. The van der Waals surface area contributed by atoms with Gasteiger partial charge in [0.2, 0.25) is 5.91 Å². The molecule has 0 aromatic heterocycles. The maximum absolute atomic E-state index is 13.1. The van der Waals surface area contributed by atoms with Crippen LogP contribution in [0.3, 0.4) is 0 Å². The molecule has 0 aliphatic carbocycles. The predicted molar refractivity (Wildman–Crippen MR) is 81.0 cm³/mol. The van der Waals surface area contributed by atoms with Gasteiger partial charge >= 0.3 is 0 Å². The summed E-state index contributed by atoms with van der Waals surface area (Å²) < 4.78 is 13.1. The number of amides is 1. The SMILES string of the molecule is CCC(CSC)N1C(=O)C(C)NC1c1ccc(F)cc1. The number of benzene rings is 1. The zero-order chi connectivity index (χ0) is 14.7. The molecule has 1 aliphatic rings. The molecule has 5 heteroatoms. The van der Waals surface area contributed by atoms with Gasteiger partial charge in [-0.15, -0.1) is 0 Å². The van der Waals surface area contributed by atoms with Crippen LogP contribution < -0.4 is 5.32 Å². The number of nitrogens with one attached hydrogen (secondary N) is 1. The van der Waals surface area contributed by atoms with Gasteiger partial charge in [0.1, 0.15) is 12.0 Å². The summed E-state index contributed by atoms with van der Waals surface area (Å²) in [5.41, 5.74) is 0.934. The van der Waals surface area contributed by atoms with Gasteiger partial charge in [-0.3, -0.25) is 10.1 Å². The lowest BCUT2D eigenvalue weighted by atomic mass is 10.1. The quantitative estimate of drug-likeness (QED) is 0.907. The van der Waals surface area contributed by atoms with Crippen LogP contribution >= 0.6 is 11.8 Å². The van der Waals surface area contributed by atoms with Gasteiger partial charge in [0.25, 0.3) is 0 Å². The third-order valence-corrected chi connectivity index (χ3v) is 4.44. The van der Waals surface area contributed by atoms with E-state index < -0.39 is 0 Å². The fourth-order valence-corrected chi connectivity index (χ4v) is 3.40. The van der Waals surface area contributed by atoms with Crippen LogP contribution in [0, 0.1) is 5.82 Å². The molecule has 110 valence electrons. The van der Waals surface area contributed by atoms with Gasteiger partial charge in [0.05, 0.1) is 6.04 Å². The summed E-state index contributed by atoms with van der Waals surface area (Å²) in [5.74, 6) is 0.781. The van der Waals surface area contributed by atoms with Crippen LogP contribution in [0.25, 0.3) is 0 Å². The summed E-state index contributed by atoms with van der Waals surface area (Å²) in [6.45, 7) is 3.98. The van der Waals surface area contributed by atoms with E-state index in [1.54, 1.807) is 23.9 Å². The Balaban J connectivity index is 2.29. The smallest absolute Gasteiger partial charge is 0.241 e. The molecular formula is C15H21FN2OS. The van der Waals surface area contributed by atoms with E-state index in [1.807, 2.05) is 18.1 Å². The topological polar surface area (TPSA) is 32.3 Å². The fraction of sp³-hybridized carbons (Fsp3) is 0.533. The summed E-state index contributed by atoms with van der Waals surface area (Å²) in [6.07, 6.45) is 2.81. The highest BCUT2D eigenvalue weighted by Gasteiger charge is 2.40. The lowest BCUT2D eigenvalue weighted by molar-refractivity contribution is -0.131. The van der Waals surface area contributed by atoms with Gasteiger partial charge in [0.15, 0.2) is 0 Å². The molecule has 20 heavy (non-hydrogen) atoms. The fourth-order valence-electron chi connectivity index (χ4n) is 2.62. The van der Waals surface area contributed by atoms with Crippen molar-refractivity contribution in [1.82, 2.24) is 10.2 Å². The molecule has 3 atom stereocenters. The van der Waals surface area contributed by atoms with Crippen LogP contribution in [0.15, 0.2) is 24.3 Å². The zero-order valence-electron chi connectivity index (χ0n) is 12.1. The Morgan fingerprint density at radius 1 is 1.40 bits per heavy atom. The number of carbonyl (C=O) groups excluding carboxylic acids is 1. The van der Waals surface area contributed by atoms with Crippen molar-refractivity contribution in [3.8, 4) is 0 Å². The average Bonchev–Trinajstić information content (AvgIpc) is 2.73. The molecule has 0 bridgehead atoms. The van der Waals surface area contributed by atoms with E-state index in [2.05, 4.69) is 12.2 Å². The predicted octanol–water partition coefficient (Wildman–Crippen LogP) is 2.79. The lowest BCUT2D eigenvalue weighted by Gasteiger charge is -2.32. The number of thioether (sulfide) groups is 1. The van der Waals surface area contributed by atoms with Crippen LogP contribution in [0.1, 0.15) is 32.0 Å². The first-order valence-electron chi connectivity index (χ1n) is 6.91. The summed E-state index contributed by atoms with van der Waals surface area (Å²) in [4.78, 5) is 14.3. The highest BCUT2D eigenvalue weighted by molar-refractivity contribution is 7.98. The van der Waals surface area contributed by atoms with Crippen molar-refractivity contribution in [1.29, 1.82) is 0 Å². The van der Waals surface area contributed by atoms with E-state index in [4.69, 9.17) is 0 Å². The highest BCUT2D eigenvalue weighted by atomic mass is 32.2. The molecule has 0 radical (unpaired) electrons. The van der Waals surface area contributed by atoms with Crippen molar-refractivity contribution in [2.24, 2.45) is 0 Å². The minimum Gasteiger partial charge on any atom is -0.318 e. The first kappa shape index (κ1) is 15.3. The standard InChI is InChI=1S/C15H21FN2OS/c1-4-13(9-20-3)18-14(17-10(2)15(18)19)11-5-7-12(16)8-6-11/h5-8,10,13-14,17H,4,9H2,1-3H3. The first-order valence-corrected chi connectivity index (χ1v) is 8.30. The van der Waals surface area contributed by atoms with Crippen molar-refractivity contribution < 1.29 is 9.18 Å². The molecule has 3 unspecified atom stereocenters. The molecule has 1 aromatic rings. The molecule has 3 nitrogen and oxygen atoms in total. The van der Waals surface area contributed by atoms with E-state index in [1.165, 1.54) is 12.1 Å². The normalized spacial score (nSPS) is 24.2. The lowest BCUT2D eigenvalue weighted by Crippen LogP contribution is -2.41. The molecule has 0 saturated carbocycles. The van der Waals surface area contributed by atoms with Gasteiger partial charge in [0, 0.05) is 11.8 Å². The summed E-state index contributed by atoms with van der Waals surface area (Å²) in [6, 6.07) is 6.39. The third kappa shape index (κ3) is 2.99. The van der Waals surface area contributed by atoms with Crippen LogP contribution in [0.4, 0.5) is 4.39 Å². The average molecular weight is 296 g/mol. The number of hydrogen-bond acceptors (Lipinski definition) is 3.